The van der Waals surface area contributed by atoms with Gasteiger partial charge in [0.05, 0.1) is 10.6 Å². The molecule has 1 aromatic heterocycles. The van der Waals surface area contributed by atoms with Gasteiger partial charge in [0.2, 0.25) is 0 Å². The zero-order valence-electron chi connectivity index (χ0n) is 8.57. The van der Waals surface area contributed by atoms with Crippen LogP contribution in [-0.2, 0) is 0 Å². The minimum atomic E-state index is -0.174. The molecular weight excluding hydrogens is 246 g/mol. The number of amides is 1. The Morgan fingerprint density at radius 3 is 3.19 bits per heavy atom. The van der Waals surface area contributed by atoms with Crippen molar-refractivity contribution in [2.24, 2.45) is 0 Å². The summed E-state index contributed by atoms with van der Waals surface area (Å²) in [5, 5.41) is 3.27. The van der Waals surface area contributed by atoms with Gasteiger partial charge < -0.3 is 11.1 Å². The molecule has 0 spiro atoms. The van der Waals surface area contributed by atoms with Crippen LogP contribution in [0.4, 0.5) is 5.82 Å². The Labute approximate surface area is 103 Å². The predicted octanol–water partition coefficient (Wildman–Crippen LogP) is 1.55. The van der Waals surface area contributed by atoms with Crippen LogP contribution < -0.4 is 11.1 Å². The summed E-state index contributed by atoms with van der Waals surface area (Å²) in [7, 11) is 0. The highest BCUT2D eigenvalue weighted by atomic mass is 35.5. The van der Waals surface area contributed by atoms with Crippen molar-refractivity contribution >= 4 is 35.1 Å². The second kappa shape index (κ2) is 4.93. The van der Waals surface area contributed by atoms with Gasteiger partial charge in [-0.2, -0.15) is 11.8 Å². The number of nitrogen functional groups attached to an aromatic ring is 1. The van der Waals surface area contributed by atoms with Crippen LogP contribution in [0.15, 0.2) is 12.3 Å². The van der Waals surface area contributed by atoms with E-state index < -0.39 is 0 Å². The van der Waals surface area contributed by atoms with E-state index in [-0.39, 0.29) is 11.9 Å². The third-order valence-electron chi connectivity index (χ3n) is 2.39. The van der Waals surface area contributed by atoms with Gasteiger partial charge in [0.25, 0.3) is 5.91 Å². The van der Waals surface area contributed by atoms with Crippen molar-refractivity contribution in [3.63, 3.8) is 0 Å². The summed E-state index contributed by atoms with van der Waals surface area (Å²) in [6, 6.07) is 1.74. The molecule has 0 bridgehead atoms. The number of rotatable bonds is 2. The van der Waals surface area contributed by atoms with Gasteiger partial charge in [0, 0.05) is 18.0 Å². The molecule has 1 aliphatic rings. The highest BCUT2D eigenvalue weighted by Gasteiger charge is 2.19. The number of nitrogens with zero attached hydrogens (tertiary/aromatic N) is 1. The Morgan fingerprint density at radius 1 is 1.69 bits per heavy atom. The van der Waals surface area contributed by atoms with E-state index in [0.29, 0.717) is 16.4 Å². The summed E-state index contributed by atoms with van der Waals surface area (Å²) in [6.45, 7) is 0. The number of aromatic nitrogens is 1. The lowest BCUT2D eigenvalue weighted by molar-refractivity contribution is 0.0941. The first-order valence-electron chi connectivity index (χ1n) is 4.96. The molecule has 0 saturated carbocycles. The number of carbonyl (C=O) groups excluding carboxylic acids is 1. The van der Waals surface area contributed by atoms with E-state index in [2.05, 4.69) is 10.3 Å². The van der Waals surface area contributed by atoms with Crippen molar-refractivity contribution in [2.75, 3.05) is 17.2 Å². The Balaban J connectivity index is 2.10. The van der Waals surface area contributed by atoms with Crippen molar-refractivity contribution in [3.05, 3.63) is 22.8 Å². The predicted molar refractivity (Wildman–Crippen MR) is 66.9 cm³/mol. The Kier molecular flexibility index (Phi) is 3.56. The Bertz CT molecular complexity index is 407. The van der Waals surface area contributed by atoms with E-state index in [1.807, 2.05) is 11.8 Å². The highest BCUT2D eigenvalue weighted by Crippen LogP contribution is 2.20. The van der Waals surface area contributed by atoms with Crippen molar-refractivity contribution in [1.82, 2.24) is 10.3 Å². The number of nitrogens with two attached hydrogens (primary N) is 1. The van der Waals surface area contributed by atoms with E-state index in [1.54, 1.807) is 0 Å². The summed E-state index contributed by atoms with van der Waals surface area (Å²) in [5.41, 5.74) is 5.91. The normalized spacial score (nSPS) is 19.7. The van der Waals surface area contributed by atoms with Crippen molar-refractivity contribution in [3.8, 4) is 0 Å². The number of nitrogens with one attached hydrogen (secondary N) is 1. The lowest BCUT2D eigenvalue weighted by Gasteiger charge is -2.12. The molecular formula is C10H12ClN3OS. The first-order valence-corrected chi connectivity index (χ1v) is 6.49. The molecule has 2 heterocycles. The number of carbonyl (C=O) groups is 1. The molecule has 0 aliphatic carbocycles. The van der Waals surface area contributed by atoms with Crippen LogP contribution in [-0.4, -0.2) is 28.4 Å². The number of thioether (sulfide) groups is 1. The molecule has 86 valence electrons. The van der Waals surface area contributed by atoms with Crippen LogP contribution in [0.2, 0.25) is 5.02 Å². The standard InChI is InChI=1S/C10H12ClN3OS/c11-8-4-13-9(12)3-7(8)10(15)14-6-1-2-16-5-6/h3-4,6H,1-2,5H2,(H2,12,13)(H,14,15). The average molecular weight is 258 g/mol. The fraction of sp³-hybridized carbons (Fsp3) is 0.400. The number of halogens is 1. The van der Waals surface area contributed by atoms with Crippen molar-refractivity contribution in [1.29, 1.82) is 0 Å². The van der Waals surface area contributed by atoms with Crippen LogP contribution in [0.1, 0.15) is 16.8 Å². The summed E-state index contributed by atoms with van der Waals surface area (Å²) >= 11 is 7.73. The molecule has 3 N–H and O–H groups in total. The van der Waals surface area contributed by atoms with E-state index >= 15 is 0 Å². The fourth-order valence-electron chi connectivity index (χ4n) is 1.54. The Morgan fingerprint density at radius 2 is 2.50 bits per heavy atom. The molecule has 1 amide bonds. The molecule has 1 fully saturated rings. The van der Waals surface area contributed by atoms with Gasteiger partial charge in [-0.1, -0.05) is 11.6 Å². The van der Waals surface area contributed by atoms with Gasteiger partial charge in [-0.25, -0.2) is 4.98 Å². The molecule has 4 nitrogen and oxygen atoms in total. The maximum absolute atomic E-state index is 11.9. The molecule has 16 heavy (non-hydrogen) atoms. The quantitative estimate of drug-likeness (QED) is 0.844. The molecule has 1 unspecified atom stereocenters. The van der Waals surface area contributed by atoms with E-state index in [1.165, 1.54) is 12.3 Å². The third-order valence-corrected chi connectivity index (χ3v) is 3.85. The average Bonchev–Trinajstić information content (AvgIpc) is 2.74. The van der Waals surface area contributed by atoms with Crippen LogP contribution in [0.5, 0.6) is 0 Å². The lowest BCUT2D eigenvalue weighted by Crippen LogP contribution is -2.34. The maximum Gasteiger partial charge on any atom is 0.253 e. The number of pyridine rings is 1. The zero-order valence-corrected chi connectivity index (χ0v) is 10.1. The topological polar surface area (TPSA) is 68.0 Å². The first-order chi connectivity index (χ1) is 7.66. The van der Waals surface area contributed by atoms with Gasteiger partial charge in [-0.05, 0) is 18.2 Å². The highest BCUT2D eigenvalue weighted by molar-refractivity contribution is 7.99. The summed E-state index contributed by atoms with van der Waals surface area (Å²) in [6.07, 6.45) is 2.41. The van der Waals surface area contributed by atoms with Crippen molar-refractivity contribution in [2.45, 2.75) is 12.5 Å². The van der Waals surface area contributed by atoms with Crippen LogP contribution in [0, 0.1) is 0 Å². The molecule has 2 rings (SSSR count). The number of hydrogen-bond acceptors (Lipinski definition) is 4. The van der Waals surface area contributed by atoms with Gasteiger partial charge in [-0.15, -0.1) is 0 Å². The van der Waals surface area contributed by atoms with E-state index in [0.717, 1.165) is 17.9 Å². The summed E-state index contributed by atoms with van der Waals surface area (Å²) < 4.78 is 0. The number of hydrogen-bond donors (Lipinski definition) is 2. The first kappa shape index (κ1) is 11.5. The van der Waals surface area contributed by atoms with Gasteiger partial charge in [0.15, 0.2) is 0 Å². The number of anilines is 1. The second-order valence-corrected chi connectivity index (χ2v) is 5.18. The van der Waals surface area contributed by atoms with Crippen LogP contribution in [0.3, 0.4) is 0 Å². The molecule has 0 aromatic carbocycles. The molecule has 1 atom stereocenters. The van der Waals surface area contributed by atoms with Crippen LogP contribution in [0.25, 0.3) is 0 Å². The molecule has 1 aliphatic heterocycles. The van der Waals surface area contributed by atoms with Gasteiger partial charge in [-0.3, -0.25) is 4.79 Å². The fourth-order valence-corrected chi connectivity index (χ4v) is 2.88. The van der Waals surface area contributed by atoms with E-state index in [4.69, 9.17) is 17.3 Å². The minimum Gasteiger partial charge on any atom is -0.384 e. The largest absolute Gasteiger partial charge is 0.384 e. The zero-order chi connectivity index (χ0) is 11.5. The molecule has 0 radical (unpaired) electrons. The molecule has 6 heteroatoms. The van der Waals surface area contributed by atoms with Crippen molar-refractivity contribution < 1.29 is 4.79 Å². The monoisotopic (exact) mass is 257 g/mol. The van der Waals surface area contributed by atoms with E-state index in [9.17, 15) is 4.79 Å². The lowest BCUT2D eigenvalue weighted by atomic mass is 10.2. The molecule has 1 saturated heterocycles. The summed E-state index contributed by atoms with van der Waals surface area (Å²) in [5.74, 6) is 2.18. The SMILES string of the molecule is Nc1cc(C(=O)NC2CCSC2)c(Cl)cn1. The van der Waals surface area contributed by atoms with Gasteiger partial charge in [0.1, 0.15) is 5.82 Å². The molecule has 1 aromatic rings. The maximum atomic E-state index is 11.9. The minimum absolute atomic E-state index is 0.174. The third kappa shape index (κ3) is 2.59. The smallest absolute Gasteiger partial charge is 0.253 e. The summed E-state index contributed by atoms with van der Waals surface area (Å²) in [4.78, 5) is 15.7. The van der Waals surface area contributed by atoms with Crippen LogP contribution >= 0.6 is 23.4 Å². The Hall–Kier alpha value is -0.940. The second-order valence-electron chi connectivity index (χ2n) is 3.62. The van der Waals surface area contributed by atoms with Gasteiger partial charge >= 0.3 is 0 Å².